The highest BCUT2D eigenvalue weighted by atomic mass is 19.3. The Balaban J connectivity index is 2.09. The number of carbonyl (C=O) groups is 1. The number of hydrogen-bond acceptors (Lipinski definition) is 4. The monoisotopic (exact) mass is 338 g/mol. The standard InChI is InChI=1S/C16H13F3N2O3/c1-9(22)12-3-2-4-13-14(12)24-16(18,19)15(23)21(13)8-11-7-10(17)5-6-20-11/h2-7,9,22H,8H2,1H3. The van der Waals surface area contributed by atoms with Gasteiger partial charge in [-0.2, -0.15) is 8.78 Å². The van der Waals surface area contributed by atoms with Crippen LogP contribution in [0.3, 0.4) is 0 Å². The molecule has 2 aromatic rings. The fraction of sp³-hybridized carbons (Fsp3) is 0.250. The van der Waals surface area contributed by atoms with Crippen molar-refractivity contribution in [2.24, 2.45) is 0 Å². The van der Waals surface area contributed by atoms with Crippen LogP contribution >= 0.6 is 0 Å². The first-order chi connectivity index (χ1) is 11.3. The molecule has 1 unspecified atom stereocenters. The van der Waals surface area contributed by atoms with E-state index < -0.39 is 23.9 Å². The van der Waals surface area contributed by atoms with Crippen LogP contribution in [0.25, 0.3) is 0 Å². The summed E-state index contributed by atoms with van der Waals surface area (Å²) in [5.74, 6) is -2.46. The van der Waals surface area contributed by atoms with Gasteiger partial charge in [0.05, 0.1) is 24.0 Å². The van der Waals surface area contributed by atoms with Crippen molar-refractivity contribution >= 4 is 11.6 Å². The zero-order valence-electron chi connectivity index (χ0n) is 12.5. The largest absolute Gasteiger partial charge is 0.483 e. The third kappa shape index (κ3) is 2.80. The van der Waals surface area contributed by atoms with Crippen LogP contribution in [0, 0.1) is 5.82 Å². The van der Waals surface area contributed by atoms with Gasteiger partial charge in [0.25, 0.3) is 0 Å². The molecule has 3 rings (SSSR count). The molecule has 0 saturated heterocycles. The quantitative estimate of drug-likeness (QED) is 0.935. The van der Waals surface area contributed by atoms with E-state index in [2.05, 4.69) is 9.72 Å². The van der Waals surface area contributed by atoms with Gasteiger partial charge in [-0.3, -0.25) is 14.7 Å². The van der Waals surface area contributed by atoms with Gasteiger partial charge in [-0.1, -0.05) is 12.1 Å². The highest BCUT2D eigenvalue weighted by Gasteiger charge is 2.51. The number of halogens is 3. The molecule has 2 heterocycles. The molecule has 1 atom stereocenters. The number of alkyl halides is 2. The third-order valence-electron chi connectivity index (χ3n) is 3.59. The van der Waals surface area contributed by atoms with Gasteiger partial charge in [0, 0.05) is 11.8 Å². The molecule has 0 bridgehead atoms. The molecule has 1 amide bonds. The van der Waals surface area contributed by atoms with E-state index in [0.29, 0.717) is 0 Å². The van der Waals surface area contributed by atoms with Gasteiger partial charge in [0.2, 0.25) is 0 Å². The van der Waals surface area contributed by atoms with Crippen molar-refractivity contribution in [3.8, 4) is 5.75 Å². The molecular formula is C16H13F3N2O3. The molecule has 1 N–H and O–H groups in total. The minimum atomic E-state index is -4.09. The number of aliphatic hydroxyl groups is 1. The van der Waals surface area contributed by atoms with Crippen molar-refractivity contribution in [2.45, 2.75) is 25.7 Å². The highest BCUT2D eigenvalue weighted by Crippen LogP contribution is 2.44. The van der Waals surface area contributed by atoms with Gasteiger partial charge < -0.3 is 9.84 Å². The van der Waals surface area contributed by atoms with E-state index in [4.69, 9.17) is 0 Å². The lowest BCUT2D eigenvalue weighted by Crippen LogP contribution is -2.50. The highest BCUT2D eigenvalue weighted by molar-refractivity contribution is 6.01. The van der Waals surface area contributed by atoms with Crippen molar-refractivity contribution < 1.29 is 27.8 Å². The molecule has 0 saturated carbocycles. The fourth-order valence-corrected chi connectivity index (χ4v) is 2.49. The number of benzene rings is 1. The van der Waals surface area contributed by atoms with Crippen molar-refractivity contribution in [3.05, 3.63) is 53.6 Å². The number of para-hydroxylation sites is 1. The maximum Gasteiger partial charge on any atom is 0.483 e. The van der Waals surface area contributed by atoms with E-state index in [1.54, 1.807) is 0 Å². The zero-order valence-corrected chi connectivity index (χ0v) is 12.5. The minimum Gasteiger partial charge on any atom is -0.423 e. The number of ether oxygens (including phenoxy) is 1. The Labute approximate surface area is 135 Å². The summed E-state index contributed by atoms with van der Waals surface area (Å²) >= 11 is 0. The summed E-state index contributed by atoms with van der Waals surface area (Å²) in [4.78, 5) is 16.7. The van der Waals surface area contributed by atoms with E-state index in [-0.39, 0.29) is 29.2 Å². The molecule has 0 spiro atoms. The van der Waals surface area contributed by atoms with E-state index in [0.717, 1.165) is 17.0 Å². The van der Waals surface area contributed by atoms with Crippen LogP contribution in [-0.2, 0) is 11.3 Å². The van der Waals surface area contributed by atoms with Crippen LogP contribution in [0.4, 0.5) is 18.9 Å². The normalized spacial score (nSPS) is 17.2. The Bertz CT molecular complexity index is 796. The number of anilines is 1. The smallest absolute Gasteiger partial charge is 0.423 e. The average molecular weight is 338 g/mol. The average Bonchev–Trinajstić information content (AvgIpc) is 2.51. The van der Waals surface area contributed by atoms with Crippen LogP contribution in [0.1, 0.15) is 24.3 Å². The second kappa shape index (κ2) is 5.79. The number of pyridine rings is 1. The number of rotatable bonds is 3. The van der Waals surface area contributed by atoms with Crippen molar-refractivity contribution in [3.63, 3.8) is 0 Å². The van der Waals surface area contributed by atoms with Crippen molar-refractivity contribution in [1.29, 1.82) is 0 Å². The number of amides is 1. The number of hydrogen-bond donors (Lipinski definition) is 1. The zero-order chi connectivity index (χ0) is 17.5. The predicted octanol–water partition coefficient (Wildman–Crippen LogP) is 2.79. The van der Waals surface area contributed by atoms with Crippen LogP contribution < -0.4 is 9.64 Å². The maximum atomic E-state index is 14.0. The number of nitrogens with zero attached hydrogens (tertiary/aromatic N) is 2. The molecule has 0 radical (unpaired) electrons. The van der Waals surface area contributed by atoms with Gasteiger partial charge in [0.1, 0.15) is 5.82 Å². The summed E-state index contributed by atoms with van der Waals surface area (Å²) in [5.41, 5.74) is 0.293. The van der Waals surface area contributed by atoms with Crippen LogP contribution in [0.2, 0.25) is 0 Å². The Morgan fingerprint density at radius 2 is 2.12 bits per heavy atom. The van der Waals surface area contributed by atoms with Crippen LogP contribution in [-0.4, -0.2) is 22.1 Å². The van der Waals surface area contributed by atoms with Gasteiger partial charge in [-0.15, -0.1) is 0 Å². The summed E-state index contributed by atoms with van der Waals surface area (Å²) in [6, 6.07) is 6.51. The van der Waals surface area contributed by atoms with Gasteiger partial charge in [-0.25, -0.2) is 4.39 Å². The number of carbonyl (C=O) groups excluding carboxylic acids is 1. The molecule has 8 heteroatoms. The molecular weight excluding hydrogens is 325 g/mol. The number of aliphatic hydroxyl groups excluding tert-OH is 1. The second-order valence-electron chi connectivity index (χ2n) is 5.35. The second-order valence-corrected chi connectivity index (χ2v) is 5.35. The molecule has 24 heavy (non-hydrogen) atoms. The predicted molar refractivity (Wildman–Crippen MR) is 78.0 cm³/mol. The molecule has 1 aliphatic heterocycles. The lowest BCUT2D eigenvalue weighted by atomic mass is 10.1. The fourth-order valence-electron chi connectivity index (χ4n) is 2.49. The molecule has 126 valence electrons. The molecule has 0 fully saturated rings. The molecule has 1 aromatic heterocycles. The number of fused-ring (bicyclic) bond motifs is 1. The van der Waals surface area contributed by atoms with E-state index in [9.17, 15) is 23.1 Å². The van der Waals surface area contributed by atoms with E-state index in [1.807, 2.05) is 0 Å². The van der Waals surface area contributed by atoms with E-state index >= 15 is 0 Å². The topological polar surface area (TPSA) is 62.7 Å². The molecule has 1 aliphatic rings. The van der Waals surface area contributed by atoms with Gasteiger partial charge in [-0.05, 0) is 25.1 Å². The lowest BCUT2D eigenvalue weighted by Gasteiger charge is -2.34. The molecule has 1 aromatic carbocycles. The summed E-state index contributed by atoms with van der Waals surface area (Å²) in [6.07, 6.45) is -3.98. The lowest BCUT2D eigenvalue weighted by molar-refractivity contribution is -0.193. The first-order valence-electron chi connectivity index (χ1n) is 7.10. The summed E-state index contributed by atoms with van der Waals surface area (Å²) in [7, 11) is 0. The Kier molecular flexibility index (Phi) is 3.92. The summed E-state index contributed by atoms with van der Waals surface area (Å²) in [6.45, 7) is 1.04. The van der Waals surface area contributed by atoms with Crippen molar-refractivity contribution in [2.75, 3.05) is 4.90 Å². The van der Waals surface area contributed by atoms with Gasteiger partial charge in [0.15, 0.2) is 5.75 Å². The molecule has 5 nitrogen and oxygen atoms in total. The van der Waals surface area contributed by atoms with Crippen molar-refractivity contribution in [1.82, 2.24) is 4.98 Å². The van der Waals surface area contributed by atoms with Crippen LogP contribution in [0.15, 0.2) is 36.5 Å². The SMILES string of the molecule is CC(O)c1cccc2c1OC(F)(F)C(=O)N2Cc1cc(F)ccn1. The minimum absolute atomic E-state index is 0.0652. The molecule has 0 aliphatic carbocycles. The Hall–Kier alpha value is -2.61. The summed E-state index contributed by atoms with van der Waals surface area (Å²) in [5, 5.41) is 9.74. The number of aromatic nitrogens is 1. The van der Waals surface area contributed by atoms with E-state index in [1.165, 1.54) is 31.3 Å². The Morgan fingerprint density at radius 3 is 2.79 bits per heavy atom. The third-order valence-corrected chi connectivity index (χ3v) is 3.59. The van der Waals surface area contributed by atoms with Crippen LogP contribution in [0.5, 0.6) is 5.75 Å². The maximum absolute atomic E-state index is 14.0. The first kappa shape index (κ1) is 16.3. The Morgan fingerprint density at radius 1 is 1.38 bits per heavy atom. The first-order valence-corrected chi connectivity index (χ1v) is 7.10. The summed E-state index contributed by atoms with van der Waals surface area (Å²) < 4.78 is 45.7. The van der Waals surface area contributed by atoms with Gasteiger partial charge >= 0.3 is 12.0 Å².